The number of para-hydroxylation sites is 1. The summed E-state index contributed by atoms with van der Waals surface area (Å²) < 4.78 is 6.11. The lowest BCUT2D eigenvalue weighted by molar-refractivity contribution is 0.129. The molecule has 0 unspecified atom stereocenters. The number of ether oxygens (including phenoxy) is 1. The van der Waals surface area contributed by atoms with Gasteiger partial charge < -0.3 is 15.0 Å². The van der Waals surface area contributed by atoms with Gasteiger partial charge in [0.15, 0.2) is 5.96 Å². The molecule has 0 radical (unpaired) electrons. The number of likely N-dealkylation sites (tertiary alicyclic amines) is 1. The molecule has 2 saturated carbocycles. The minimum Gasteiger partial charge on any atom is -0.490 e. The van der Waals surface area contributed by atoms with Crippen molar-refractivity contribution in [1.82, 2.24) is 10.2 Å². The number of hydrogen-bond acceptors (Lipinski definition) is 2. The van der Waals surface area contributed by atoms with Crippen LogP contribution in [0.15, 0.2) is 35.3 Å². The van der Waals surface area contributed by atoms with Crippen LogP contribution in [0.2, 0.25) is 0 Å². The van der Waals surface area contributed by atoms with E-state index < -0.39 is 0 Å². The van der Waals surface area contributed by atoms with Gasteiger partial charge in [0.05, 0.1) is 0 Å². The smallest absolute Gasteiger partial charge is 0.193 e. The van der Waals surface area contributed by atoms with E-state index in [1.165, 1.54) is 25.7 Å². The molecule has 0 atom stereocenters. The lowest BCUT2D eigenvalue weighted by Gasteiger charge is -2.34. The number of nitrogens with zero attached hydrogens (tertiary/aromatic N) is 2. The molecule has 1 saturated heterocycles. The molecule has 3 fully saturated rings. The average molecular weight is 469 g/mol. The molecular weight excluding hydrogens is 437 g/mol. The minimum atomic E-state index is 0. The van der Waals surface area contributed by atoms with Crippen LogP contribution in [0.25, 0.3) is 0 Å². The Bertz CT molecular complexity index is 566. The van der Waals surface area contributed by atoms with E-state index in [1.807, 2.05) is 37.4 Å². The summed E-state index contributed by atoms with van der Waals surface area (Å²) in [7, 11) is 1.91. The summed E-state index contributed by atoms with van der Waals surface area (Å²) in [4.78, 5) is 6.95. The Balaban J connectivity index is 0.00000196. The van der Waals surface area contributed by atoms with Crippen molar-refractivity contribution in [2.45, 2.75) is 44.6 Å². The molecule has 1 heterocycles. The zero-order chi connectivity index (χ0) is 17.1. The summed E-state index contributed by atoms with van der Waals surface area (Å²) in [5.41, 5.74) is 0. The molecule has 2 aliphatic carbocycles. The number of rotatable bonds is 6. The Labute approximate surface area is 174 Å². The fraction of sp³-hybridized carbons (Fsp3) is 0.667. The normalized spacial score (nSPS) is 21.5. The van der Waals surface area contributed by atoms with Crippen molar-refractivity contribution >= 4 is 29.9 Å². The maximum atomic E-state index is 6.11. The van der Waals surface area contributed by atoms with Crippen LogP contribution in [0.3, 0.4) is 0 Å². The number of benzene rings is 1. The minimum absolute atomic E-state index is 0. The van der Waals surface area contributed by atoms with Crippen LogP contribution in [0.4, 0.5) is 0 Å². The number of hydrogen-bond donors (Lipinski definition) is 1. The first-order valence-electron chi connectivity index (χ1n) is 10.0. The lowest BCUT2D eigenvalue weighted by atomic mass is 9.98. The van der Waals surface area contributed by atoms with Crippen LogP contribution in [0.5, 0.6) is 5.75 Å². The molecular formula is C21H32IN3O. The number of halogens is 1. The van der Waals surface area contributed by atoms with Crippen molar-refractivity contribution in [2.24, 2.45) is 22.7 Å². The first kappa shape index (κ1) is 19.8. The Hall–Kier alpha value is -0.980. The Kier molecular flexibility index (Phi) is 7.06. The van der Waals surface area contributed by atoms with Crippen molar-refractivity contribution < 1.29 is 4.74 Å². The Morgan fingerprint density at radius 1 is 1.08 bits per heavy atom. The van der Waals surface area contributed by atoms with Gasteiger partial charge in [0.2, 0.25) is 0 Å². The van der Waals surface area contributed by atoms with Crippen LogP contribution < -0.4 is 10.1 Å². The fourth-order valence-electron chi connectivity index (χ4n) is 4.19. The second-order valence-corrected chi connectivity index (χ2v) is 7.88. The summed E-state index contributed by atoms with van der Waals surface area (Å²) in [5, 5.41) is 3.68. The van der Waals surface area contributed by atoms with Crippen molar-refractivity contribution in [3.63, 3.8) is 0 Å². The van der Waals surface area contributed by atoms with Crippen molar-refractivity contribution in [3.8, 4) is 5.75 Å². The molecule has 1 aromatic rings. The first-order chi connectivity index (χ1) is 12.3. The van der Waals surface area contributed by atoms with Gasteiger partial charge in [-0.15, -0.1) is 24.0 Å². The van der Waals surface area contributed by atoms with Gasteiger partial charge >= 0.3 is 0 Å². The van der Waals surface area contributed by atoms with E-state index in [9.17, 15) is 0 Å². The quantitative estimate of drug-likeness (QED) is 0.386. The van der Waals surface area contributed by atoms with Gasteiger partial charge in [-0.05, 0) is 55.6 Å². The van der Waals surface area contributed by atoms with E-state index in [0.717, 1.165) is 61.9 Å². The molecule has 144 valence electrons. The maximum Gasteiger partial charge on any atom is 0.193 e. The number of nitrogens with one attached hydrogen (secondary N) is 1. The Morgan fingerprint density at radius 3 is 2.23 bits per heavy atom. The van der Waals surface area contributed by atoms with Crippen LogP contribution in [0.1, 0.15) is 38.5 Å². The number of guanidine groups is 1. The van der Waals surface area contributed by atoms with Gasteiger partial charge in [-0.1, -0.05) is 18.2 Å². The summed E-state index contributed by atoms with van der Waals surface area (Å²) in [6, 6.07) is 10.2. The summed E-state index contributed by atoms with van der Waals surface area (Å²) in [6.07, 6.45) is 8.23. The van der Waals surface area contributed by atoms with Crippen LogP contribution in [-0.4, -0.2) is 43.6 Å². The van der Waals surface area contributed by atoms with Gasteiger partial charge in [-0.3, -0.25) is 4.99 Å². The molecule has 0 bridgehead atoms. The lowest BCUT2D eigenvalue weighted by Crippen LogP contribution is -2.48. The second kappa shape index (κ2) is 9.29. The van der Waals surface area contributed by atoms with Crippen molar-refractivity contribution in [3.05, 3.63) is 30.3 Å². The molecule has 1 aliphatic heterocycles. The molecule has 4 nitrogen and oxygen atoms in total. The monoisotopic (exact) mass is 469 g/mol. The van der Waals surface area contributed by atoms with Gasteiger partial charge in [-0.25, -0.2) is 0 Å². The number of aliphatic imine (C=N–C) groups is 1. The van der Waals surface area contributed by atoms with Crippen molar-refractivity contribution in [2.75, 3.05) is 26.7 Å². The molecule has 0 amide bonds. The first-order valence-corrected chi connectivity index (χ1v) is 10.0. The molecule has 1 N–H and O–H groups in total. The predicted octanol–water partition coefficient (Wildman–Crippen LogP) is 4.16. The van der Waals surface area contributed by atoms with E-state index in [0.29, 0.717) is 6.10 Å². The fourth-order valence-corrected chi connectivity index (χ4v) is 4.19. The van der Waals surface area contributed by atoms with Crippen LogP contribution >= 0.6 is 24.0 Å². The van der Waals surface area contributed by atoms with E-state index in [4.69, 9.17) is 4.74 Å². The van der Waals surface area contributed by atoms with Crippen LogP contribution in [0, 0.1) is 17.8 Å². The third kappa shape index (κ3) is 5.27. The highest BCUT2D eigenvalue weighted by atomic mass is 127. The topological polar surface area (TPSA) is 36.9 Å². The molecule has 0 aromatic heterocycles. The average Bonchev–Trinajstić information content (AvgIpc) is 3.55. The largest absolute Gasteiger partial charge is 0.490 e. The van der Waals surface area contributed by atoms with E-state index in [-0.39, 0.29) is 24.0 Å². The third-order valence-electron chi connectivity index (χ3n) is 5.95. The molecule has 26 heavy (non-hydrogen) atoms. The summed E-state index contributed by atoms with van der Waals surface area (Å²) in [5.74, 6) is 4.94. The zero-order valence-corrected chi connectivity index (χ0v) is 18.1. The summed E-state index contributed by atoms with van der Waals surface area (Å²) in [6.45, 7) is 3.16. The molecule has 4 rings (SSSR count). The predicted molar refractivity (Wildman–Crippen MR) is 117 cm³/mol. The molecule has 0 spiro atoms. The zero-order valence-electron chi connectivity index (χ0n) is 15.8. The van der Waals surface area contributed by atoms with Gasteiger partial charge in [0, 0.05) is 39.5 Å². The molecule has 3 aliphatic rings. The standard InChI is InChI=1S/C21H31N3O.HI/c1-22-21(23-15-20(16-7-8-16)17-9-10-17)24-13-11-19(12-14-24)25-18-5-3-2-4-6-18;/h2-6,16-17,19-20H,7-15H2,1H3,(H,22,23);1H. The third-order valence-corrected chi connectivity index (χ3v) is 5.95. The van der Waals surface area contributed by atoms with Gasteiger partial charge in [0.1, 0.15) is 11.9 Å². The highest BCUT2D eigenvalue weighted by Crippen LogP contribution is 2.48. The van der Waals surface area contributed by atoms with Crippen molar-refractivity contribution in [1.29, 1.82) is 0 Å². The maximum absolute atomic E-state index is 6.11. The van der Waals surface area contributed by atoms with Gasteiger partial charge in [-0.2, -0.15) is 0 Å². The van der Waals surface area contributed by atoms with Gasteiger partial charge in [0.25, 0.3) is 0 Å². The second-order valence-electron chi connectivity index (χ2n) is 7.88. The number of piperidine rings is 1. The Morgan fingerprint density at radius 2 is 1.69 bits per heavy atom. The SMILES string of the molecule is CN=C(NCC(C1CC1)C1CC1)N1CCC(Oc2ccccc2)CC1.I. The highest BCUT2D eigenvalue weighted by molar-refractivity contribution is 14.0. The summed E-state index contributed by atoms with van der Waals surface area (Å²) >= 11 is 0. The molecule has 1 aromatic carbocycles. The van der Waals surface area contributed by atoms with E-state index in [1.54, 1.807) is 0 Å². The highest BCUT2D eigenvalue weighted by Gasteiger charge is 2.41. The van der Waals surface area contributed by atoms with E-state index in [2.05, 4.69) is 15.2 Å². The molecule has 5 heteroatoms. The van der Waals surface area contributed by atoms with Crippen LogP contribution in [-0.2, 0) is 0 Å². The van der Waals surface area contributed by atoms with E-state index >= 15 is 0 Å².